The van der Waals surface area contributed by atoms with Crippen molar-refractivity contribution in [3.8, 4) is 0 Å². The number of rotatable bonds is 7. The quantitative estimate of drug-likeness (QED) is 0.785. The Morgan fingerprint density at radius 2 is 1.90 bits per heavy atom. The molecule has 3 heteroatoms. The van der Waals surface area contributed by atoms with Crippen LogP contribution >= 0.6 is 0 Å². The molecular weight excluding hydrogens is 260 g/mol. The molecule has 1 aliphatic rings. The molecule has 0 radical (unpaired) electrons. The summed E-state index contributed by atoms with van der Waals surface area (Å²) in [5.41, 5.74) is 7.80. The molecule has 1 aromatic rings. The highest BCUT2D eigenvalue weighted by molar-refractivity contribution is 5.20. The normalized spacial score (nSPS) is 26.2. The van der Waals surface area contributed by atoms with E-state index in [1.54, 1.807) is 0 Å². The minimum Gasteiger partial charge on any atom is -0.380 e. The molecule has 1 saturated carbocycles. The summed E-state index contributed by atoms with van der Waals surface area (Å²) >= 11 is 0. The number of benzene rings is 1. The van der Waals surface area contributed by atoms with Crippen LogP contribution in [0.25, 0.3) is 0 Å². The molecule has 2 N–H and O–H groups in total. The first-order chi connectivity index (χ1) is 10.2. The van der Waals surface area contributed by atoms with E-state index < -0.39 is 0 Å². The minimum absolute atomic E-state index is 0.169. The van der Waals surface area contributed by atoms with Gasteiger partial charge in [0.1, 0.15) is 0 Å². The third-order valence-corrected chi connectivity index (χ3v) is 5.15. The highest BCUT2D eigenvalue weighted by Gasteiger charge is 2.37. The molecule has 118 valence electrons. The Morgan fingerprint density at radius 1 is 1.24 bits per heavy atom. The summed E-state index contributed by atoms with van der Waals surface area (Å²) in [5.74, 6) is 0.700. The standard InChI is InChI=1S/C18H30N2O/c1-3-21-14-13-20(2)18(15-19)11-9-17(10-12-18)16-7-5-4-6-8-16/h4-8,17H,3,9-15,19H2,1-2H3. The number of hydrogen-bond donors (Lipinski definition) is 1. The molecular formula is C18H30N2O. The summed E-state index contributed by atoms with van der Waals surface area (Å²) in [4.78, 5) is 2.43. The van der Waals surface area contributed by atoms with Crippen LogP contribution in [0, 0.1) is 0 Å². The van der Waals surface area contributed by atoms with E-state index in [-0.39, 0.29) is 5.54 Å². The Kier molecular flexibility index (Phi) is 6.22. The second kappa shape index (κ2) is 7.92. The number of nitrogens with zero attached hydrogens (tertiary/aromatic N) is 1. The lowest BCUT2D eigenvalue weighted by molar-refractivity contribution is 0.0415. The summed E-state index contributed by atoms with van der Waals surface area (Å²) in [6.45, 7) is 5.36. The van der Waals surface area contributed by atoms with Crippen LogP contribution in [0.5, 0.6) is 0 Å². The lowest BCUT2D eigenvalue weighted by Crippen LogP contribution is -2.54. The van der Waals surface area contributed by atoms with Crippen molar-refractivity contribution < 1.29 is 4.74 Å². The van der Waals surface area contributed by atoms with Gasteiger partial charge in [-0.3, -0.25) is 4.90 Å². The van der Waals surface area contributed by atoms with Gasteiger partial charge in [-0.25, -0.2) is 0 Å². The maximum atomic E-state index is 6.15. The Labute approximate surface area is 129 Å². The lowest BCUT2D eigenvalue weighted by atomic mass is 9.73. The van der Waals surface area contributed by atoms with E-state index in [4.69, 9.17) is 10.5 Å². The van der Waals surface area contributed by atoms with Gasteiger partial charge in [0.25, 0.3) is 0 Å². The highest BCUT2D eigenvalue weighted by Crippen LogP contribution is 2.40. The molecule has 21 heavy (non-hydrogen) atoms. The van der Waals surface area contributed by atoms with Crippen LogP contribution in [0.3, 0.4) is 0 Å². The Bertz CT molecular complexity index is 399. The third-order valence-electron chi connectivity index (χ3n) is 5.15. The van der Waals surface area contributed by atoms with Crippen LogP contribution in [-0.4, -0.2) is 43.8 Å². The fourth-order valence-corrected chi connectivity index (χ4v) is 3.54. The van der Waals surface area contributed by atoms with E-state index in [1.165, 1.54) is 31.2 Å². The highest BCUT2D eigenvalue weighted by atomic mass is 16.5. The SMILES string of the molecule is CCOCCN(C)C1(CN)CCC(c2ccccc2)CC1. The third kappa shape index (κ3) is 4.06. The summed E-state index contributed by atoms with van der Waals surface area (Å²) in [7, 11) is 2.20. The van der Waals surface area contributed by atoms with Gasteiger partial charge in [0.05, 0.1) is 6.61 Å². The molecule has 0 spiro atoms. The van der Waals surface area contributed by atoms with Gasteiger partial charge in [-0.2, -0.15) is 0 Å². The summed E-state index contributed by atoms with van der Waals surface area (Å²) in [6, 6.07) is 10.9. The topological polar surface area (TPSA) is 38.5 Å². The van der Waals surface area contributed by atoms with E-state index in [9.17, 15) is 0 Å². The van der Waals surface area contributed by atoms with E-state index in [2.05, 4.69) is 42.3 Å². The van der Waals surface area contributed by atoms with Crippen molar-refractivity contribution in [2.45, 2.75) is 44.1 Å². The van der Waals surface area contributed by atoms with Crippen LogP contribution in [0.2, 0.25) is 0 Å². The Morgan fingerprint density at radius 3 is 2.48 bits per heavy atom. The average molecular weight is 290 g/mol. The Balaban J connectivity index is 1.92. The fourth-order valence-electron chi connectivity index (χ4n) is 3.54. The zero-order valence-corrected chi connectivity index (χ0v) is 13.6. The van der Waals surface area contributed by atoms with Crippen LogP contribution in [0.4, 0.5) is 0 Å². The number of ether oxygens (including phenoxy) is 1. The average Bonchev–Trinajstić information content (AvgIpc) is 2.56. The molecule has 0 bridgehead atoms. The van der Waals surface area contributed by atoms with Crippen molar-refractivity contribution in [1.29, 1.82) is 0 Å². The van der Waals surface area contributed by atoms with Gasteiger partial charge >= 0.3 is 0 Å². The molecule has 0 aliphatic heterocycles. The predicted molar refractivity (Wildman–Crippen MR) is 88.6 cm³/mol. The zero-order chi connectivity index (χ0) is 15.1. The molecule has 1 aliphatic carbocycles. The minimum atomic E-state index is 0.169. The molecule has 1 aromatic carbocycles. The van der Waals surface area contributed by atoms with E-state index in [0.717, 1.165) is 26.3 Å². The molecule has 0 heterocycles. The largest absolute Gasteiger partial charge is 0.380 e. The first-order valence-corrected chi connectivity index (χ1v) is 8.26. The molecule has 0 amide bonds. The molecule has 2 rings (SSSR count). The van der Waals surface area contributed by atoms with Crippen molar-refractivity contribution in [2.75, 3.05) is 33.4 Å². The molecule has 3 nitrogen and oxygen atoms in total. The molecule has 0 aromatic heterocycles. The van der Waals surface area contributed by atoms with E-state index >= 15 is 0 Å². The van der Waals surface area contributed by atoms with Gasteiger partial charge in [-0.1, -0.05) is 30.3 Å². The lowest BCUT2D eigenvalue weighted by Gasteiger charge is -2.46. The van der Waals surface area contributed by atoms with Crippen LogP contribution in [0.1, 0.15) is 44.1 Å². The number of likely N-dealkylation sites (N-methyl/N-ethyl adjacent to an activating group) is 1. The maximum Gasteiger partial charge on any atom is 0.0593 e. The maximum absolute atomic E-state index is 6.15. The van der Waals surface area contributed by atoms with Crippen molar-refractivity contribution in [3.05, 3.63) is 35.9 Å². The first-order valence-electron chi connectivity index (χ1n) is 8.26. The number of hydrogen-bond acceptors (Lipinski definition) is 3. The van der Waals surface area contributed by atoms with Gasteiger partial charge in [0, 0.05) is 25.2 Å². The predicted octanol–water partition coefficient (Wildman–Crippen LogP) is 3.01. The smallest absolute Gasteiger partial charge is 0.0593 e. The van der Waals surface area contributed by atoms with Gasteiger partial charge in [-0.05, 0) is 51.1 Å². The van der Waals surface area contributed by atoms with Crippen molar-refractivity contribution in [1.82, 2.24) is 4.90 Å². The van der Waals surface area contributed by atoms with Crippen molar-refractivity contribution in [3.63, 3.8) is 0 Å². The van der Waals surface area contributed by atoms with E-state index in [1.807, 2.05) is 6.92 Å². The van der Waals surface area contributed by atoms with E-state index in [0.29, 0.717) is 5.92 Å². The van der Waals surface area contributed by atoms with Crippen LogP contribution < -0.4 is 5.73 Å². The Hall–Kier alpha value is -0.900. The van der Waals surface area contributed by atoms with Gasteiger partial charge in [0.15, 0.2) is 0 Å². The summed E-state index contributed by atoms with van der Waals surface area (Å²) < 4.78 is 5.49. The summed E-state index contributed by atoms with van der Waals surface area (Å²) in [6.07, 6.45) is 4.84. The molecule has 0 unspecified atom stereocenters. The second-order valence-corrected chi connectivity index (χ2v) is 6.23. The van der Waals surface area contributed by atoms with Gasteiger partial charge in [0.2, 0.25) is 0 Å². The first kappa shape index (κ1) is 16.5. The van der Waals surface area contributed by atoms with Crippen molar-refractivity contribution >= 4 is 0 Å². The molecule has 1 fully saturated rings. The fraction of sp³-hybridized carbons (Fsp3) is 0.667. The van der Waals surface area contributed by atoms with Crippen LogP contribution in [0.15, 0.2) is 30.3 Å². The second-order valence-electron chi connectivity index (χ2n) is 6.23. The number of nitrogens with two attached hydrogens (primary N) is 1. The van der Waals surface area contributed by atoms with Crippen molar-refractivity contribution in [2.24, 2.45) is 5.73 Å². The van der Waals surface area contributed by atoms with Gasteiger partial charge in [-0.15, -0.1) is 0 Å². The van der Waals surface area contributed by atoms with Gasteiger partial charge < -0.3 is 10.5 Å². The monoisotopic (exact) mass is 290 g/mol. The molecule has 0 saturated heterocycles. The summed E-state index contributed by atoms with van der Waals surface area (Å²) in [5, 5.41) is 0. The molecule has 0 atom stereocenters. The zero-order valence-electron chi connectivity index (χ0n) is 13.6. The van der Waals surface area contributed by atoms with Crippen LogP contribution in [-0.2, 0) is 4.74 Å².